The molecule has 0 radical (unpaired) electrons. The molecule has 7 nitrogen and oxygen atoms in total. The molecule has 3 heterocycles. The molecule has 0 aliphatic carbocycles. The van der Waals surface area contributed by atoms with Gasteiger partial charge in [0.05, 0.1) is 12.2 Å². The molecule has 0 N–H and O–H groups in total. The van der Waals surface area contributed by atoms with Gasteiger partial charge in [-0.2, -0.15) is 0 Å². The number of aromatic nitrogens is 5. The minimum Gasteiger partial charge on any atom is -0.486 e. The highest BCUT2D eigenvalue weighted by molar-refractivity contribution is 9.10. The van der Waals surface area contributed by atoms with E-state index in [1.54, 1.807) is 10.9 Å². The van der Waals surface area contributed by atoms with E-state index in [1.807, 2.05) is 25.1 Å². The van der Waals surface area contributed by atoms with Gasteiger partial charge in [-0.25, -0.2) is 14.6 Å². The van der Waals surface area contributed by atoms with Gasteiger partial charge in [0.15, 0.2) is 17.1 Å². The van der Waals surface area contributed by atoms with Crippen molar-refractivity contribution in [3.05, 3.63) is 34.6 Å². The molecule has 0 fully saturated rings. The molecule has 112 valence electrons. The zero-order valence-electron chi connectivity index (χ0n) is 11.7. The van der Waals surface area contributed by atoms with E-state index in [9.17, 15) is 0 Å². The van der Waals surface area contributed by atoms with Crippen molar-refractivity contribution < 1.29 is 9.47 Å². The smallest absolute Gasteiger partial charge is 0.221 e. The fourth-order valence-electron chi connectivity index (χ4n) is 2.43. The molecular weight excluding hydrogens is 350 g/mol. The van der Waals surface area contributed by atoms with E-state index >= 15 is 0 Å². The third kappa shape index (κ3) is 2.19. The number of nitrogens with zero attached hydrogens (tertiary/aromatic N) is 5. The van der Waals surface area contributed by atoms with Crippen molar-refractivity contribution >= 4 is 27.2 Å². The SMILES string of the molecule is CC(c1ccc2c(c1)OCCO2)n1nnc2ncc(Br)nc21. The Kier molecular flexibility index (Phi) is 3.18. The lowest BCUT2D eigenvalue weighted by molar-refractivity contribution is 0.171. The van der Waals surface area contributed by atoms with Crippen LogP contribution in [-0.4, -0.2) is 38.2 Å². The summed E-state index contributed by atoms with van der Waals surface area (Å²) < 4.78 is 13.6. The van der Waals surface area contributed by atoms with Crippen LogP contribution in [0, 0.1) is 0 Å². The normalized spacial score (nSPS) is 15.0. The topological polar surface area (TPSA) is 75.0 Å². The van der Waals surface area contributed by atoms with Crippen LogP contribution in [-0.2, 0) is 0 Å². The number of benzene rings is 1. The molecule has 8 heteroatoms. The Morgan fingerprint density at radius 3 is 2.91 bits per heavy atom. The second kappa shape index (κ2) is 5.20. The van der Waals surface area contributed by atoms with Crippen molar-refractivity contribution in [2.45, 2.75) is 13.0 Å². The van der Waals surface area contributed by atoms with E-state index in [0.29, 0.717) is 29.1 Å². The highest BCUT2D eigenvalue weighted by atomic mass is 79.9. The van der Waals surface area contributed by atoms with Gasteiger partial charge in [-0.3, -0.25) is 0 Å². The maximum absolute atomic E-state index is 5.63. The van der Waals surface area contributed by atoms with E-state index in [2.05, 4.69) is 36.2 Å². The summed E-state index contributed by atoms with van der Waals surface area (Å²) in [5.41, 5.74) is 2.20. The van der Waals surface area contributed by atoms with Gasteiger partial charge < -0.3 is 9.47 Å². The summed E-state index contributed by atoms with van der Waals surface area (Å²) in [5.74, 6) is 1.53. The first-order chi connectivity index (χ1) is 10.7. The summed E-state index contributed by atoms with van der Waals surface area (Å²) in [6.45, 7) is 3.18. The van der Waals surface area contributed by atoms with Crippen molar-refractivity contribution in [1.82, 2.24) is 25.0 Å². The second-order valence-electron chi connectivity index (χ2n) is 4.95. The summed E-state index contributed by atoms with van der Waals surface area (Å²) in [6.07, 6.45) is 1.61. The van der Waals surface area contributed by atoms with Crippen LogP contribution in [0.4, 0.5) is 0 Å². The predicted octanol–water partition coefficient (Wildman–Crippen LogP) is 2.36. The summed E-state index contributed by atoms with van der Waals surface area (Å²) in [6, 6.07) is 5.83. The molecular formula is C14H12BrN5O2. The zero-order chi connectivity index (χ0) is 15.1. The number of fused-ring (bicyclic) bond motifs is 2. The number of halogens is 1. The largest absolute Gasteiger partial charge is 0.486 e. The van der Waals surface area contributed by atoms with E-state index in [1.165, 1.54) is 0 Å². The standard InChI is InChI=1S/C14H12BrN5O2/c1-8(9-2-3-10-11(6-9)22-5-4-21-10)20-14-13(18-19-20)16-7-12(15)17-14/h2-3,6-8H,4-5H2,1H3. The van der Waals surface area contributed by atoms with Crippen molar-refractivity contribution in [1.29, 1.82) is 0 Å². The summed E-state index contributed by atoms with van der Waals surface area (Å²) >= 11 is 3.33. The molecule has 1 aromatic carbocycles. The minimum atomic E-state index is -0.0515. The Morgan fingerprint density at radius 2 is 2.05 bits per heavy atom. The van der Waals surface area contributed by atoms with Crippen molar-refractivity contribution in [2.24, 2.45) is 0 Å². The van der Waals surface area contributed by atoms with Crippen LogP contribution in [0.3, 0.4) is 0 Å². The molecule has 2 aromatic heterocycles. The molecule has 0 saturated heterocycles. The van der Waals surface area contributed by atoms with E-state index in [4.69, 9.17) is 9.47 Å². The molecule has 4 rings (SSSR count). The molecule has 1 atom stereocenters. The van der Waals surface area contributed by atoms with Crippen LogP contribution in [0.2, 0.25) is 0 Å². The molecule has 1 aliphatic rings. The molecule has 3 aromatic rings. The number of ether oxygens (including phenoxy) is 2. The predicted molar refractivity (Wildman–Crippen MR) is 82.1 cm³/mol. The van der Waals surface area contributed by atoms with Crippen molar-refractivity contribution in [3.63, 3.8) is 0 Å². The zero-order valence-corrected chi connectivity index (χ0v) is 13.3. The van der Waals surface area contributed by atoms with Crippen LogP contribution in [0.1, 0.15) is 18.5 Å². The van der Waals surface area contributed by atoms with Crippen molar-refractivity contribution in [3.8, 4) is 11.5 Å². The van der Waals surface area contributed by atoms with Crippen LogP contribution in [0.5, 0.6) is 11.5 Å². The maximum Gasteiger partial charge on any atom is 0.221 e. The van der Waals surface area contributed by atoms with E-state index in [-0.39, 0.29) is 6.04 Å². The molecule has 0 spiro atoms. The molecule has 1 aliphatic heterocycles. The average molecular weight is 362 g/mol. The Morgan fingerprint density at radius 1 is 1.23 bits per heavy atom. The Labute approximate surface area is 134 Å². The molecule has 1 unspecified atom stereocenters. The van der Waals surface area contributed by atoms with E-state index in [0.717, 1.165) is 17.1 Å². The highest BCUT2D eigenvalue weighted by Gasteiger charge is 2.19. The fraction of sp³-hybridized carbons (Fsp3) is 0.286. The third-order valence-electron chi connectivity index (χ3n) is 3.57. The van der Waals surface area contributed by atoms with Gasteiger partial charge in [0, 0.05) is 0 Å². The van der Waals surface area contributed by atoms with Gasteiger partial charge in [-0.15, -0.1) is 5.10 Å². The lowest BCUT2D eigenvalue weighted by Gasteiger charge is -2.20. The monoisotopic (exact) mass is 361 g/mol. The first kappa shape index (κ1) is 13.4. The fourth-order valence-corrected chi connectivity index (χ4v) is 2.70. The number of hydrogen-bond acceptors (Lipinski definition) is 6. The van der Waals surface area contributed by atoms with Gasteiger partial charge in [0.25, 0.3) is 0 Å². The quantitative estimate of drug-likeness (QED) is 0.697. The minimum absolute atomic E-state index is 0.0515. The van der Waals surface area contributed by atoms with Crippen LogP contribution in [0.25, 0.3) is 11.3 Å². The summed E-state index contributed by atoms with van der Waals surface area (Å²) in [5, 5.41) is 8.23. The van der Waals surface area contributed by atoms with Crippen LogP contribution < -0.4 is 9.47 Å². The Balaban J connectivity index is 1.76. The van der Waals surface area contributed by atoms with Crippen LogP contribution >= 0.6 is 15.9 Å². The molecule has 0 saturated carbocycles. The number of rotatable bonds is 2. The highest BCUT2D eigenvalue weighted by Crippen LogP contribution is 2.33. The average Bonchev–Trinajstić information content (AvgIpc) is 2.96. The lowest BCUT2D eigenvalue weighted by atomic mass is 10.1. The Hall–Kier alpha value is -2.22. The van der Waals surface area contributed by atoms with Gasteiger partial charge in [0.2, 0.25) is 5.65 Å². The molecule has 22 heavy (non-hydrogen) atoms. The molecule has 0 amide bonds. The van der Waals surface area contributed by atoms with E-state index < -0.39 is 0 Å². The number of hydrogen-bond donors (Lipinski definition) is 0. The molecule has 0 bridgehead atoms. The first-order valence-electron chi connectivity index (χ1n) is 6.85. The maximum atomic E-state index is 5.63. The van der Waals surface area contributed by atoms with Crippen molar-refractivity contribution in [2.75, 3.05) is 13.2 Å². The third-order valence-corrected chi connectivity index (χ3v) is 3.96. The lowest BCUT2D eigenvalue weighted by Crippen LogP contribution is -2.16. The second-order valence-corrected chi connectivity index (χ2v) is 5.77. The Bertz CT molecular complexity index is 850. The van der Waals surface area contributed by atoms with Gasteiger partial charge >= 0.3 is 0 Å². The van der Waals surface area contributed by atoms with Gasteiger partial charge in [-0.1, -0.05) is 11.3 Å². The van der Waals surface area contributed by atoms with Gasteiger partial charge in [-0.05, 0) is 40.5 Å². The summed E-state index contributed by atoms with van der Waals surface area (Å²) in [7, 11) is 0. The van der Waals surface area contributed by atoms with Gasteiger partial charge in [0.1, 0.15) is 17.8 Å². The van der Waals surface area contributed by atoms with Crippen LogP contribution in [0.15, 0.2) is 29.0 Å². The summed E-state index contributed by atoms with van der Waals surface area (Å²) in [4.78, 5) is 8.61. The first-order valence-corrected chi connectivity index (χ1v) is 7.64.